The molecule has 0 atom stereocenters. The molecule has 1 aromatic carbocycles. The standard InChI is InChI=1S/C15H19F3N4O3S/c1-10(2)22(26(23,24)21(3)4)9-11-5-7-12(8-6-11)13-19-14(25-20-13)15(16,17)18/h5-8,10H,9H2,1-4H3. The number of hydrogen-bond acceptors (Lipinski definition) is 5. The summed E-state index contributed by atoms with van der Waals surface area (Å²) in [4.78, 5) is 3.32. The molecule has 0 saturated heterocycles. The van der Waals surface area contributed by atoms with Crippen molar-refractivity contribution in [3.05, 3.63) is 35.7 Å². The monoisotopic (exact) mass is 392 g/mol. The molecule has 0 unspecified atom stereocenters. The van der Waals surface area contributed by atoms with E-state index in [1.54, 1.807) is 26.0 Å². The summed E-state index contributed by atoms with van der Waals surface area (Å²) < 4.78 is 68.9. The van der Waals surface area contributed by atoms with E-state index < -0.39 is 22.3 Å². The van der Waals surface area contributed by atoms with Crippen molar-refractivity contribution in [2.75, 3.05) is 14.1 Å². The minimum Gasteiger partial charge on any atom is -0.329 e. The number of hydrogen-bond donors (Lipinski definition) is 0. The SMILES string of the molecule is CC(C)N(Cc1ccc(-c2noc(C(F)(F)F)n2)cc1)S(=O)(=O)N(C)C. The van der Waals surface area contributed by atoms with Gasteiger partial charge in [0.1, 0.15) is 0 Å². The fraction of sp³-hybridized carbons (Fsp3) is 0.467. The molecule has 2 rings (SSSR count). The summed E-state index contributed by atoms with van der Waals surface area (Å²) in [6.07, 6.45) is -4.70. The van der Waals surface area contributed by atoms with Gasteiger partial charge in [-0.2, -0.15) is 35.2 Å². The average Bonchev–Trinajstić information content (AvgIpc) is 3.02. The highest BCUT2D eigenvalue weighted by molar-refractivity contribution is 7.86. The zero-order chi connectivity index (χ0) is 19.7. The van der Waals surface area contributed by atoms with Crippen LogP contribution < -0.4 is 0 Å². The molecule has 0 N–H and O–H groups in total. The van der Waals surface area contributed by atoms with Gasteiger partial charge in [-0.25, -0.2) is 0 Å². The molecule has 0 aliphatic heterocycles. The van der Waals surface area contributed by atoms with Crippen molar-refractivity contribution in [1.82, 2.24) is 18.8 Å². The van der Waals surface area contributed by atoms with Gasteiger partial charge in [0, 0.05) is 32.2 Å². The van der Waals surface area contributed by atoms with Gasteiger partial charge >= 0.3 is 12.1 Å². The van der Waals surface area contributed by atoms with Crippen molar-refractivity contribution in [3.63, 3.8) is 0 Å². The van der Waals surface area contributed by atoms with Gasteiger partial charge in [-0.05, 0) is 19.4 Å². The first-order valence-electron chi connectivity index (χ1n) is 7.62. The van der Waals surface area contributed by atoms with Crippen molar-refractivity contribution >= 4 is 10.2 Å². The van der Waals surface area contributed by atoms with Crippen molar-refractivity contribution in [1.29, 1.82) is 0 Å². The van der Waals surface area contributed by atoms with Crippen LogP contribution in [0.2, 0.25) is 0 Å². The molecule has 0 aliphatic carbocycles. The normalized spacial score (nSPS) is 13.2. The molecule has 0 spiro atoms. The van der Waals surface area contributed by atoms with Crippen LogP contribution in [0.4, 0.5) is 13.2 Å². The van der Waals surface area contributed by atoms with E-state index >= 15 is 0 Å². The molecular formula is C15H19F3N4O3S. The second-order valence-electron chi connectivity index (χ2n) is 6.05. The van der Waals surface area contributed by atoms with Crippen LogP contribution in [0.1, 0.15) is 25.3 Å². The lowest BCUT2D eigenvalue weighted by Gasteiger charge is -2.28. The number of benzene rings is 1. The van der Waals surface area contributed by atoms with E-state index in [-0.39, 0.29) is 18.4 Å². The molecule has 1 heterocycles. The fourth-order valence-electron chi connectivity index (χ4n) is 2.14. The van der Waals surface area contributed by atoms with E-state index in [1.165, 1.54) is 30.5 Å². The third-order valence-corrected chi connectivity index (χ3v) is 5.62. The first kappa shape index (κ1) is 20.3. The Hall–Kier alpha value is -1.98. The topological polar surface area (TPSA) is 79.5 Å². The van der Waals surface area contributed by atoms with Crippen LogP contribution in [0, 0.1) is 0 Å². The van der Waals surface area contributed by atoms with Gasteiger partial charge in [-0.15, -0.1) is 0 Å². The van der Waals surface area contributed by atoms with Crippen LogP contribution in [0.3, 0.4) is 0 Å². The number of nitrogens with zero attached hydrogens (tertiary/aromatic N) is 4. The molecular weight excluding hydrogens is 373 g/mol. The lowest BCUT2D eigenvalue weighted by atomic mass is 10.1. The van der Waals surface area contributed by atoms with Crippen molar-refractivity contribution in [2.24, 2.45) is 0 Å². The minimum atomic E-state index is -4.70. The highest BCUT2D eigenvalue weighted by Crippen LogP contribution is 2.29. The summed E-state index contributed by atoms with van der Waals surface area (Å²) in [5.41, 5.74) is 1.01. The predicted octanol–water partition coefficient (Wildman–Crippen LogP) is 2.77. The summed E-state index contributed by atoms with van der Waals surface area (Å²) in [6.45, 7) is 3.64. The third-order valence-electron chi connectivity index (χ3n) is 3.55. The quantitative estimate of drug-likeness (QED) is 0.755. The highest BCUT2D eigenvalue weighted by atomic mass is 32.2. The Morgan fingerprint density at radius 3 is 2.15 bits per heavy atom. The van der Waals surface area contributed by atoms with Gasteiger partial charge in [0.25, 0.3) is 10.2 Å². The van der Waals surface area contributed by atoms with Gasteiger partial charge in [0.2, 0.25) is 5.82 Å². The van der Waals surface area contributed by atoms with Crippen molar-refractivity contribution in [3.8, 4) is 11.4 Å². The summed E-state index contributed by atoms with van der Waals surface area (Å²) in [5.74, 6) is -1.61. The van der Waals surface area contributed by atoms with Gasteiger partial charge in [-0.1, -0.05) is 29.4 Å². The van der Waals surface area contributed by atoms with E-state index in [1.807, 2.05) is 0 Å². The van der Waals surface area contributed by atoms with Gasteiger partial charge in [0.05, 0.1) is 0 Å². The Labute approximate surface area is 149 Å². The molecule has 0 amide bonds. The lowest BCUT2D eigenvalue weighted by molar-refractivity contribution is -0.159. The fourth-order valence-corrected chi connectivity index (χ4v) is 3.40. The zero-order valence-electron chi connectivity index (χ0n) is 14.6. The molecule has 0 aliphatic rings. The first-order chi connectivity index (χ1) is 11.9. The molecule has 0 radical (unpaired) electrons. The van der Waals surface area contributed by atoms with E-state index in [9.17, 15) is 21.6 Å². The van der Waals surface area contributed by atoms with E-state index in [4.69, 9.17) is 0 Å². The maximum Gasteiger partial charge on any atom is 0.471 e. The van der Waals surface area contributed by atoms with E-state index in [2.05, 4.69) is 14.7 Å². The van der Waals surface area contributed by atoms with E-state index in [0.717, 1.165) is 4.31 Å². The number of aromatic nitrogens is 2. The predicted molar refractivity (Wildman–Crippen MR) is 88.0 cm³/mol. The Kier molecular flexibility index (Phi) is 5.73. The van der Waals surface area contributed by atoms with Crippen LogP contribution in [0.5, 0.6) is 0 Å². The molecule has 2 aromatic rings. The minimum absolute atomic E-state index is 0.124. The van der Waals surface area contributed by atoms with Crippen LogP contribution in [0.25, 0.3) is 11.4 Å². The Morgan fingerprint density at radius 1 is 1.15 bits per heavy atom. The number of rotatable bonds is 6. The van der Waals surface area contributed by atoms with Crippen molar-refractivity contribution < 1.29 is 26.1 Å². The molecule has 0 fully saturated rings. The molecule has 0 saturated carbocycles. The van der Waals surface area contributed by atoms with Gasteiger partial charge in [0.15, 0.2) is 0 Å². The van der Waals surface area contributed by atoms with Crippen LogP contribution in [-0.4, -0.2) is 47.3 Å². The third kappa shape index (κ3) is 4.40. The first-order valence-corrected chi connectivity index (χ1v) is 9.02. The molecule has 144 valence electrons. The van der Waals surface area contributed by atoms with Gasteiger partial charge < -0.3 is 4.52 Å². The smallest absolute Gasteiger partial charge is 0.329 e. The summed E-state index contributed by atoms with van der Waals surface area (Å²) in [6, 6.07) is 5.98. The van der Waals surface area contributed by atoms with Crippen LogP contribution >= 0.6 is 0 Å². The zero-order valence-corrected chi connectivity index (χ0v) is 15.5. The van der Waals surface area contributed by atoms with Gasteiger partial charge in [-0.3, -0.25) is 0 Å². The Morgan fingerprint density at radius 2 is 1.73 bits per heavy atom. The second kappa shape index (κ2) is 7.33. The lowest BCUT2D eigenvalue weighted by Crippen LogP contribution is -2.43. The largest absolute Gasteiger partial charge is 0.471 e. The molecule has 26 heavy (non-hydrogen) atoms. The molecule has 11 heteroatoms. The maximum absolute atomic E-state index is 12.5. The van der Waals surface area contributed by atoms with Crippen LogP contribution in [0.15, 0.2) is 28.8 Å². The summed E-state index contributed by atoms with van der Waals surface area (Å²) in [7, 11) is -0.716. The molecule has 7 nitrogen and oxygen atoms in total. The average molecular weight is 392 g/mol. The Balaban J connectivity index is 2.22. The summed E-state index contributed by atoms with van der Waals surface area (Å²) in [5, 5.41) is 3.32. The molecule has 0 bridgehead atoms. The Bertz CT molecular complexity index is 846. The molecule has 1 aromatic heterocycles. The highest BCUT2D eigenvalue weighted by Gasteiger charge is 2.38. The second-order valence-corrected chi connectivity index (χ2v) is 8.14. The number of halogens is 3. The number of alkyl halides is 3. The van der Waals surface area contributed by atoms with Crippen molar-refractivity contribution in [2.45, 2.75) is 32.6 Å². The van der Waals surface area contributed by atoms with Crippen LogP contribution in [-0.2, 0) is 22.9 Å². The summed E-state index contributed by atoms with van der Waals surface area (Å²) >= 11 is 0. The van der Waals surface area contributed by atoms with E-state index in [0.29, 0.717) is 11.1 Å². The maximum atomic E-state index is 12.5.